The van der Waals surface area contributed by atoms with Crippen LogP contribution in [-0.4, -0.2) is 67.0 Å². The van der Waals surface area contributed by atoms with Crippen molar-refractivity contribution in [2.24, 2.45) is 0 Å². The van der Waals surface area contributed by atoms with E-state index in [1.165, 1.54) is 4.90 Å². The summed E-state index contributed by atoms with van der Waals surface area (Å²) in [6.07, 6.45) is 0.0896. The van der Waals surface area contributed by atoms with Crippen LogP contribution in [0.5, 0.6) is 5.75 Å². The van der Waals surface area contributed by atoms with Crippen molar-refractivity contribution < 1.29 is 37.7 Å². The first-order valence-electron chi connectivity index (χ1n) is 11.0. The molecular formula is C23H35F2NO6. The van der Waals surface area contributed by atoms with E-state index in [1.54, 1.807) is 31.2 Å². The minimum absolute atomic E-state index is 0.210. The Morgan fingerprint density at radius 3 is 2.34 bits per heavy atom. The van der Waals surface area contributed by atoms with E-state index in [2.05, 4.69) is 0 Å². The highest BCUT2D eigenvalue weighted by molar-refractivity contribution is 5.72. The number of carbonyl (C=O) groups is 2. The van der Waals surface area contributed by atoms with Crippen molar-refractivity contribution in [3.8, 4) is 5.75 Å². The lowest BCUT2D eigenvalue weighted by atomic mass is 10.1. The fraction of sp³-hybridized carbons (Fsp3) is 0.652. The molecule has 0 aromatic heterocycles. The van der Waals surface area contributed by atoms with Gasteiger partial charge in [0.05, 0.1) is 13.2 Å². The van der Waals surface area contributed by atoms with Gasteiger partial charge in [0.1, 0.15) is 12.4 Å². The number of ether oxygens (including phenoxy) is 3. The second-order valence-corrected chi connectivity index (χ2v) is 7.61. The summed E-state index contributed by atoms with van der Waals surface area (Å²) in [6, 6.07) is 6.98. The van der Waals surface area contributed by atoms with Crippen LogP contribution in [0, 0.1) is 0 Å². The Balaban J connectivity index is 2.54. The molecule has 0 bridgehead atoms. The van der Waals surface area contributed by atoms with Crippen molar-refractivity contribution in [1.29, 1.82) is 0 Å². The number of alkyl halides is 2. The maximum absolute atomic E-state index is 13.0. The Kier molecular flexibility index (Phi) is 12.6. The van der Waals surface area contributed by atoms with Gasteiger partial charge < -0.3 is 24.2 Å². The predicted octanol–water partition coefficient (Wildman–Crippen LogP) is 4.77. The number of halogens is 2. The van der Waals surface area contributed by atoms with Crippen molar-refractivity contribution in [2.75, 3.05) is 32.9 Å². The van der Waals surface area contributed by atoms with Gasteiger partial charge in [-0.1, -0.05) is 19.1 Å². The number of hydrogen-bond acceptors (Lipinski definition) is 5. The zero-order valence-corrected chi connectivity index (χ0v) is 19.1. The number of benzene rings is 1. The van der Waals surface area contributed by atoms with Crippen molar-refractivity contribution in [3.63, 3.8) is 0 Å². The molecule has 1 aromatic carbocycles. The summed E-state index contributed by atoms with van der Waals surface area (Å²) in [4.78, 5) is 24.9. The third-order valence-corrected chi connectivity index (χ3v) is 4.60. The van der Waals surface area contributed by atoms with Gasteiger partial charge in [0, 0.05) is 26.0 Å². The third kappa shape index (κ3) is 11.8. The summed E-state index contributed by atoms with van der Waals surface area (Å²) in [6.45, 7) is 5.92. The van der Waals surface area contributed by atoms with Gasteiger partial charge in [0.2, 0.25) is 5.92 Å². The van der Waals surface area contributed by atoms with Crippen LogP contribution < -0.4 is 4.74 Å². The molecule has 0 spiro atoms. The highest BCUT2D eigenvalue weighted by Crippen LogP contribution is 2.20. The Bertz CT molecular complexity index is 678. The monoisotopic (exact) mass is 459 g/mol. The summed E-state index contributed by atoms with van der Waals surface area (Å²) in [5, 5.41) is 9.18. The zero-order chi connectivity index (χ0) is 24.0. The fourth-order valence-corrected chi connectivity index (χ4v) is 2.94. The molecule has 0 saturated carbocycles. The average molecular weight is 460 g/mol. The van der Waals surface area contributed by atoms with Crippen LogP contribution in [-0.2, 0) is 20.7 Å². The first-order valence-corrected chi connectivity index (χ1v) is 11.0. The van der Waals surface area contributed by atoms with Gasteiger partial charge in [-0.2, -0.15) is 0 Å². The molecule has 7 nitrogen and oxygen atoms in total. The summed E-state index contributed by atoms with van der Waals surface area (Å²) in [5.74, 6) is -3.15. The number of carbonyl (C=O) groups excluding carboxylic acids is 1. The largest absolute Gasteiger partial charge is 0.492 e. The molecule has 32 heavy (non-hydrogen) atoms. The molecule has 0 aliphatic carbocycles. The number of carboxylic acids is 1. The lowest BCUT2D eigenvalue weighted by Gasteiger charge is -2.22. The topological polar surface area (TPSA) is 85.3 Å². The Morgan fingerprint density at radius 2 is 1.78 bits per heavy atom. The molecule has 0 aliphatic rings. The van der Waals surface area contributed by atoms with Crippen molar-refractivity contribution in [1.82, 2.24) is 4.90 Å². The predicted molar refractivity (Wildman–Crippen MR) is 116 cm³/mol. The van der Waals surface area contributed by atoms with Crippen LogP contribution in [0.25, 0.3) is 0 Å². The normalized spacial score (nSPS) is 12.3. The number of aliphatic carboxylic acids is 1. The number of carboxylic acid groups (broad SMARTS) is 1. The van der Waals surface area contributed by atoms with E-state index in [0.29, 0.717) is 44.8 Å². The molecule has 0 fully saturated rings. The van der Waals surface area contributed by atoms with E-state index in [-0.39, 0.29) is 26.0 Å². The van der Waals surface area contributed by atoms with E-state index in [1.807, 2.05) is 6.92 Å². The third-order valence-electron chi connectivity index (χ3n) is 4.60. The Labute approximate surface area is 188 Å². The van der Waals surface area contributed by atoms with Gasteiger partial charge in [-0.3, -0.25) is 0 Å². The summed E-state index contributed by atoms with van der Waals surface area (Å²) in [7, 11) is 0. The minimum atomic E-state index is -2.71. The average Bonchev–Trinajstić information content (AvgIpc) is 2.73. The Hall–Kier alpha value is -2.42. The molecule has 182 valence electrons. The maximum Gasteiger partial charge on any atom is 0.409 e. The van der Waals surface area contributed by atoms with E-state index >= 15 is 0 Å². The lowest BCUT2D eigenvalue weighted by Crippen LogP contribution is -2.36. The smallest absolute Gasteiger partial charge is 0.409 e. The van der Waals surface area contributed by atoms with Crippen LogP contribution in [0.2, 0.25) is 0 Å². The van der Waals surface area contributed by atoms with Crippen molar-refractivity contribution in [3.05, 3.63) is 29.8 Å². The summed E-state index contributed by atoms with van der Waals surface area (Å²) < 4.78 is 42.0. The lowest BCUT2D eigenvalue weighted by molar-refractivity contribution is -0.149. The van der Waals surface area contributed by atoms with Gasteiger partial charge in [0.15, 0.2) is 6.10 Å². The van der Waals surface area contributed by atoms with E-state index in [0.717, 1.165) is 12.5 Å². The molecule has 0 heterocycles. The molecule has 1 aromatic rings. The number of unbranched alkanes of at least 4 members (excludes halogenated alkanes) is 1. The van der Waals surface area contributed by atoms with Gasteiger partial charge >= 0.3 is 12.1 Å². The van der Waals surface area contributed by atoms with Crippen molar-refractivity contribution in [2.45, 2.75) is 64.9 Å². The first kappa shape index (κ1) is 27.6. The van der Waals surface area contributed by atoms with Gasteiger partial charge in [-0.15, -0.1) is 0 Å². The quantitative estimate of drug-likeness (QED) is 0.359. The molecule has 1 atom stereocenters. The van der Waals surface area contributed by atoms with Crippen LogP contribution in [0.1, 0.15) is 52.0 Å². The summed E-state index contributed by atoms with van der Waals surface area (Å²) >= 11 is 0. The number of amides is 1. The molecule has 0 radical (unpaired) electrons. The Morgan fingerprint density at radius 1 is 1.09 bits per heavy atom. The van der Waals surface area contributed by atoms with E-state index in [4.69, 9.17) is 14.2 Å². The number of rotatable bonds is 16. The molecule has 1 rings (SSSR count). The molecular weight excluding hydrogens is 424 g/mol. The SMILES string of the molecule is CCCOC(=O)N(CCCCC(C)(F)F)CCOc1ccc(CC(OCC)C(=O)O)cc1. The second-order valence-electron chi connectivity index (χ2n) is 7.61. The number of hydrogen-bond donors (Lipinski definition) is 1. The standard InChI is InChI=1S/C23H35F2NO6/c1-4-15-32-22(29)26(13-7-6-12-23(3,24)25)14-16-31-19-10-8-18(9-11-19)17-20(21(27)28)30-5-2/h8-11,20H,4-7,12-17H2,1-3H3,(H,27,28). The molecule has 1 unspecified atom stereocenters. The van der Waals surface area contributed by atoms with E-state index in [9.17, 15) is 23.5 Å². The van der Waals surface area contributed by atoms with Crippen molar-refractivity contribution >= 4 is 12.1 Å². The molecule has 1 amide bonds. The second kappa shape index (κ2) is 14.6. The number of nitrogens with zero attached hydrogens (tertiary/aromatic N) is 1. The van der Waals surface area contributed by atoms with Crippen LogP contribution in [0.15, 0.2) is 24.3 Å². The highest BCUT2D eigenvalue weighted by atomic mass is 19.3. The maximum atomic E-state index is 13.0. The molecule has 9 heteroatoms. The highest BCUT2D eigenvalue weighted by Gasteiger charge is 2.21. The van der Waals surface area contributed by atoms with Crippen LogP contribution >= 0.6 is 0 Å². The van der Waals surface area contributed by atoms with Gasteiger partial charge in [0.25, 0.3) is 0 Å². The zero-order valence-electron chi connectivity index (χ0n) is 19.1. The van der Waals surface area contributed by atoms with Gasteiger partial charge in [-0.05, 0) is 50.8 Å². The molecule has 1 N–H and O–H groups in total. The fourth-order valence-electron chi connectivity index (χ4n) is 2.94. The van der Waals surface area contributed by atoms with Crippen LogP contribution in [0.3, 0.4) is 0 Å². The molecule has 0 aliphatic heterocycles. The minimum Gasteiger partial charge on any atom is -0.492 e. The summed E-state index contributed by atoms with van der Waals surface area (Å²) in [5.41, 5.74) is 0.802. The first-order chi connectivity index (χ1) is 15.2. The van der Waals surface area contributed by atoms with Gasteiger partial charge in [-0.25, -0.2) is 18.4 Å². The van der Waals surface area contributed by atoms with E-state index < -0.39 is 24.1 Å². The molecule has 0 saturated heterocycles. The van der Waals surface area contributed by atoms with Crippen LogP contribution in [0.4, 0.5) is 13.6 Å².